The first kappa shape index (κ1) is 26.2. The lowest BCUT2D eigenvalue weighted by atomic mass is 9.98. The minimum Gasteiger partial charge on any atom is -0.481 e. The predicted octanol–water partition coefficient (Wildman–Crippen LogP) is 4.08. The second kappa shape index (κ2) is 13.5. The summed E-state index contributed by atoms with van der Waals surface area (Å²) in [7, 11) is 1.47. The molecule has 3 rings (SSSR count). The molecule has 1 aliphatic rings. The normalized spacial score (nSPS) is 12.9. The van der Waals surface area contributed by atoms with E-state index in [2.05, 4.69) is 34.9 Å². The number of fused-ring (bicyclic) bond motifs is 3. The van der Waals surface area contributed by atoms with Gasteiger partial charge in [-0.3, -0.25) is 9.59 Å². The minimum absolute atomic E-state index is 0.0330. The molecule has 0 bridgehead atoms. The van der Waals surface area contributed by atoms with Crippen molar-refractivity contribution in [3.05, 3.63) is 59.7 Å². The number of hydrogen-bond acceptors (Lipinski definition) is 5. The number of carbonyl (C=O) groups excluding carboxylic acids is 2. The van der Waals surface area contributed by atoms with Crippen LogP contribution >= 0.6 is 0 Å². The average molecular weight is 483 g/mol. The standard InChI is InChI=1S/C27H34N2O6/c1-34-18-24(26(32)28-16-10-4-2-3-5-15-25(30)31)29-27(33)35-17-23-21-13-8-6-11-19(21)20-12-7-9-14-22(20)23/h6-9,11-14,23-24H,2-5,10,15-18H2,1H3,(H,28,32)(H,29,33)(H,30,31). The van der Waals surface area contributed by atoms with Gasteiger partial charge in [0.1, 0.15) is 12.6 Å². The van der Waals surface area contributed by atoms with E-state index in [-0.39, 0.29) is 31.5 Å². The number of nitrogens with one attached hydrogen (secondary N) is 2. The van der Waals surface area contributed by atoms with Crippen LogP contribution in [0.1, 0.15) is 55.6 Å². The van der Waals surface area contributed by atoms with E-state index in [0.717, 1.165) is 47.9 Å². The maximum Gasteiger partial charge on any atom is 0.407 e. The van der Waals surface area contributed by atoms with E-state index in [4.69, 9.17) is 14.6 Å². The second-order valence-corrected chi connectivity index (χ2v) is 8.68. The number of alkyl carbamates (subject to hydrolysis) is 1. The van der Waals surface area contributed by atoms with E-state index in [9.17, 15) is 14.4 Å². The molecule has 3 N–H and O–H groups in total. The van der Waals surface area contributed by atoms with Gasteiger partial charge >= 0.3 is 12.1 Å². The molecule has 0 heterocycles. The average Bonchev–Trinajstić information content (AvgIpc) is 3.17. The summed E-state index contributed by atoms with van der Waals surface area (Å²) in [5.74, 6) is -1.16. The van der Waals surface area contributed by atoms with Gasteiger partial charge in [-0.15, -0.1) is 0 Å². The van der Waals surface area contributed by atoms with Crippen LogP contribution in [0.5, 0.6) is 0 Å². The first-order valence-corrected chi connectivity index (χ1v) is 12.1. The van der Waals surface area contributed by atoms with Crippen molar-refractivity contribution >= 4 is 18.0 Å². The summed E-state index contributed by atoms with van der Waals surface area (Å²) >= 11 is 0. The predicted molar refractivity (Wildman–Crippen MR) is 132 cm³/mol. The molecule has 8 nitrogen and oxygen atoms in total. The van der Waals surface area contributed by atoms with Crippen LogP contribution in [0.15, 0.2) is 48.5 Å². The van der Waals surface area contributed by atoms with Gasteiger partial charge in [-0.05, 0) is 35.1 Å². The Kier molecular flexibility index (Phi) is 10.1. The fourth-order valence-electron chi connectivity index (χ4n) is 4.40. The Labute approximate surface area is 206 Å². The topological polar surface area (TPSA) is 114 Å². The monoisotopic (exact) mass is 482 g/mol. The lowest BCUT2D eigenvalue weighted by Crippen LogP contribution is -2.49. The molecule has 1 atom stereocenters. The Morgan fingerprint density at radius 2 is 1.51 bits per heavy atom. The highest BCUT2D eigenvalue weighted by molar-refractivity contribution is 5.86. The van der Waals surface area contributed by atoms with Crippen LogP contribution < -0.4 is 10.6 Å². The Bertz CT molecular complexity index is 963. The zero-order valence-electron chi connectivity index (χ0n) is 20.1. The number of methoxy groups -OCH3 is 1. The smallest absolute Gasteiger partial charge is 0.407 e. The maximum atomic E-state index is 12.5. The minimum atomic E-state index is -0.855. The number of ether oxygens (including phenoxy) is 2. The molecule has 0 aliphatic heterocycles. The van der Waals surface area contributed by atoms with Crippen LogP contribution in [0.4, 0.5) is 4.79 Å². The van der Waals surface area contributed by atoms with Crippen LogP contribution in [0.3, 0.4) is 0 Å². The summed E-state index contributed by atoms with van der Waals surface area (Å²) in [6.45, 7) is 0.679. The molecule has 8 heteroatoms. The van der Waals surface area contributed by atoms with Crippen molar-refractivity contribution in [2.75, 3.05) is 26.9 Å². The Hall–Kier alpha value is -3.39. The molecule has 35 heavy (non-hydrogen) atoms. The Morgan fingerprint density at radius 1 is 0.914 bits per heavy atom. The Balaban J connectivity index is 1.43. The number of hydrogen-bond donors (Lipinski definition) is 3. The van der Waals surface area contributed by atoms with E-state index < -0.39 is 18.1 Å². The van der Waals surface area contributed by atoms with Crippen molar-refractivity contribution in [2.45, 2.75) is 50.5 Å². The quantitative estimate of drug-likeness (QED) is 0.350. The van der Waals surface area contributed by atoms with Gasteiger partial charge in [-0.1, -0.05) is 67.8 Å². The molecular weight excluding hydrogens is 448 g/mol. The summed E-state index contributed by atoms with van der Waals surface area (Å²) in [5.41, 5.74) is 4.54. The van der Waals surface area contributed by atoms with Gasteiger partial charge < -0.3 is 25.2 Å². The molecule has 0 fully saturated rings. The highest BCUT2D eigenvalue weighted by Crippen LogP contribution is 2.44. The number of rotatable bonds is 14. The van der Waals surface area contributed by atoms with Gasteiger partial charge in [-0.25, -0.2) is 4.79 Å². The van der Waals surface area contributed by atoms with Crippen LogP contribution in [0.2, 0.25) is 0 Å². The van der Waals surface area contributed by atoms with Crippen molar-refractivity contribution in [1.29, 1.82) is 0 Å². The summed E-state index contributed by atoms with van der Waals surface area (Å²) in [6, 6.07) is 15.3. The number of carboxylic acids is 1. The molecule has 0 saturated carbocycles. The highest BCUT2D eigenvalue weighted by atomic mass is 16.5. The van der Waals surface area contributed by atoms with Crippen molar-refractivity contribution in [3.63, 3.8) is 0 Å². The summed E-state index contributed by atoms with van der Waals surface area (Å²) < 4.78 is 10.6. The third-order valence-corrected chi connectivity index (χ3v) is 6.15. The van der Waals surface area contributed by atoms with Crippen LogP contribution in [0, 0.1) is 0 Å². The second-order valence-electron chi connectivity index (χ2n) is 8.68. The van der Waals surface area contributed by atoms with Crippen molar-refractivity contribution in [3.8, 4) is 11.1 Å². The van der Waals surface area contributed by atoms with Crippen LogP contribution in [0.25, 0.3) is 11.1 Å². The summed E-state index contributed by atoms with van der Waals surface area (Å²) in [6.07, 6.45) is 3.65. The molecule has 0 spiro atoms. The third kappa shape index (κ3) is 7.55. The molecule has 1 unspecified atom stereocenters. The first-order valence-electron chi connectivity index (χ1n) is 12.1. The van der Waals surface area contributed by atoms with Gasteiger partial charge in [0.2, 0.25) is 5.91 Å². The van der Waals surface area contributed by atoms with Crippen molar-refractivity contribution in [1.82, 2.24) is 10.6 Å². The lowest BCUT2D eigenvalue weighted by Gasteiger charge is -2.19. The molecule has 2 aromatic rings. The third-order valence-electron chi connectivity index (χ3n) is 6.15. The van der Waals surface area contributed by atoms with E-state index in [0.29, 0.717) is 13.0 Å². The number of unbranched alkanes of at least 4 members (excludes halogenated alkanes) is 4. The fraction of sp³-hybridized carbons (Fsp3) is 0.444. The zero-order valence-corrected chi connectivity index (χ0v) is 20.1. The van der Waals surface area contributed by atoms with E-state index in [1.165, 1.54) is 7.11 Å². The zero-order chi connectivity index (χ0) is 25.0. The highest BCUT2D eigenvalue weighted by Gasteiger charge is 2.29. The molecular formula is C27H34N2O6. The molecule has 0 aromatic heterocycles. The number of aliphatic carboxylic acids is 1. The first-order chi connectivity index (χ1) is 17.0. The number of carboxylic acid groups (broad SMARTS) is 1. The van der Waals surface area contributed by atoms with Gasteiger partial charge in [0.05, 0.1) is 6.61 Å². The fourth-order valence-corrected chi connectivity index (χ4v) is 4.40. The lowest BCUT2D eigenvalue weighted by molar-refractivity contribution is -0.137. The number of benzene rings is 2. The summed E-state index contributed by atoms with van der Waals surface area (Å²) in [4.78, 5) is 35.6. The summed E-state index contributed by atoms with van der Waals surface area (Å²) in [5, 5.41) is 14.1. The molecule has 1 aliphatic carbocycles. The van der Waals surface area contributed by atoms with E-state index >= 15 is 0 Å². The van der Waals surface area contributed by atoms with Crippen molar-refractivity contribution in [2.24, 2.45) is 0 Å². The largest absolute Gasteiger partial charge is 0.481 e. The van der Waals surface area contributed by atoms with Crippen LogP contribution in [-0.4, -0.2) is 56.0 Å². The maximum absolute atomic E-state index is 12.5. The van der Waals surface area contributed by atoms with Gasteiger partial charge in [-0.2, -0.15) is 0 Å². The van der Waals surface area contributed by atoms with Gasteiger partial charge in [0.25, 0.3) is 0 Å². The number of amides is 2. The molecule has 2 aromatic carbocycles. The van der Waals surface area contributed by atoms with E-state index in [1.807, 2.05) is 24.3 Å². The SMILES string of the molecule is COCC(NC(=O)OCC1c2ccccc2-c2ccccc21)C(=O)NCCCCCCCC(=O)O. The van der Waals surface area contributed by atoms with E-state index in [1.54, 1.807) is 0 Å². The van der Waals surface area contributed by atoms with Crippen molar-refractivity contribution < 1.29 is 29.0 Å². The molecule has 0 saturated heterocycles. The van der Waals surface area contributed by atoms with Gasteiger partial charge in [0.15, 0.2) is 0 Å². The Morgan fingerprint density at radius 3 is 2.14 bits per heavy atom. The van der Waals surface area contributed by atoms with Crippen LogP contribution in [-0.2, 0) is 19.1 Å². The van der Waals surface area contributed by atoms with Gasteiger partial charge in [0, 0.05) is 26.0 Å². The number of carbonyl (C=O) groups is 3. The molecule has 2 amide bonds. The molecule has 0 radical (unpaired) electrons. The molecule has 188 valence electrons.